The van der Waals surface area contributed by atoms with E-state index in [9.17, 15) is 5.11 Å². The summed E-state index contributed by atoms with van der Waals surface area (Å²) in [5.41, 5.74) is 3.08. The van der Waals surface area contributed by atoms with Gasteiger partial charge in [-0.25, -0.2) is 9.97 Å². The van der Waals surface area contributed by atoms with Crippen LogP contribution in [-0.2, 0) is 24.4 Å². The van der Waals surface area contributed by atoms with Gasteiger partial charge in [-0.05, 0) is 30.5 Å². The van der Waals surface area contributed by atoms with Crippen molar-refractivity contribution in [2.45, 2.75) is 38.6 Å². The fourth-order valence-corrected chi connectivity index (χ4v) is 3.53. The Morgan fingerprint density at radius 2 is 2.07 bits per heavy atom. The molecule has 1 aromatic heterocycles. The van der Waals surface area contributed by atoms with Crippen LogP contribution < -0.4 is 10.1 Å². The molecule has 1 atom stereocenters. The third kappa shape index (κ3) is 4.74. The van der Waals surface area contributed by atoms with Gasteiger partial charge in [0.05, 0.1) is 12.7 Å². The van der Waals surface area contributed by atoms with E-state index < -0.39 is 0 Å². The minimum absolute atomic E-state index is 0.0431. The van der Waals surface area contributed by atoms with Crippen molar-refractivity contribution in [2.24, 2.45) is 0 Å². The number of aliphatic hydroxyl groups excluding tert-OH is 1. The third-order valence-electron chi connectivity index (χ3n) is 4.99. The molecule has 0 amide bonds. The Morgan fingerprint density at radius 1 is 1.19 bits per heavy atom. The Kier molecular flexibility index (Phi) is 5.81. The van der Waals surface area contributed by atoms with Gasteiger partial charge in [-0.3, -0.25) is 4.90 Å². The molecule has 144 valence electrons. The maximum Gasteiger partial charge on any atom is 0.222 e. The van der Waals surface area contributed by atoms with Crippen molar-refractivity contribution in [1.82, 2.24) is 14.9 Å². The number of aromatic nitrogens is 2. The summed E-state index contributed by atoms with van der Waals surface area (Å²) in [5, 5.41) is 12.6. The molecule has 7 heteroatoms. The van der Waals surface area contributed by atoms with Crippen molar-refractivity contribution in [3.63, 3.8) is 0 Å². The smallest absolute Gasteiger partial charge is 0.222 e. The van der Waals surface area contributed by atoms with Gasteiger partial charge in [0, 0.05) is 56.3 Å². The fourth-order valence-electron chi connectivity index (χ4n) is 3.53. The standard InChI is InChI=1S/C20H26N4O3/c25-14-15-3-4-19-17(8-15)13-24(5-7-27-19)12-16-9-21-20(22-10-16)23-11-18-2-1-6-26-18/h3-4,8-10,18,25H,1-2,5-7,11-14H2,(H,21,22,23). The van der Waals surface area contributed by atoms with Crippen LogP contribution in [0.3, 0.4) is 0 Å². The van der Waals surface area contributed by atoms with Gasteiger partial charge >= 0.3 is 0 Å². The molecule has 2 aliphatic heterocycles. The molecule has 0 aliphatic carbocycles. The summed E-state index contributed by atoms with van der Waals surface area (Å²) in [4.78, 5) is 11.2. The van der Waals surface area contributed by atoms with Crippen LogP contribution in [0.4, 0.5) is 5.95 Å². The van der Waals surface area contributed by atoms with E-state index in [0.717, 1.165) is 68.1 Å². The lowest BCUT2D eigenvalue weighted by Gasteiger charge is -2.19. The largest absolute Gasteiger partial charge is 0.492 e. The average molecular weight is 370 g/mol. The number of nitrogens with one attached hydrogen (secondary N) is 1. The molecule has 4 rings (SSSR count). The zero-order valence-corrected chi connectivity index (χ0v) is 15.4. The Morgan fingerprint density at radius 3 is 2.85 bits per heavy atom. The lowest BCUT2D eigenvalue weighted by atomic mass is 10.1. The SMILES string of the molecule is OCc1ccc2c(c1)CN(Cc1cnc(NCC3CCCO3)nc1)CCO2. The van der Waals surface area contributed by atoms with Gasteiger partial charge in [-0.15, -0.1) is 0 Å². The number of hydrogen-bond acceptors (Lipinski definition) is 7. The van der Waals surface area contributed by atoms with Gasteiger partial charge < -0.3 is 19.9 Å². The maximum absolute atomic E-state index is 9.36. The lowest BCUT2D eigenvalue weighted by molar-refractivity contribution is 0.120. The van der Waals surface area contributed by atoms with Crippen LogP contribution in [0.2, 0.25) is 0 Å². The van der Waals surface area contributed by atoms with Crippen LogP contribution >= 0.6 is 0 Å². The van der Waals surface area contributed by atoms with Gasteiger partial charge in [0.25, 0.3) is 0 Å². The third-order valence-corrected chi connectivity index (χ3v) is 4.99. The second-order valence-corrected chi connectivity index (χ2v) is 7.09. The lowest BCUT2D eigenvalue weighted by Crippen LogP contribution is -2.25. The van der Waals surface area contributed by atoms with Crippen LogP contribution in [0.5, 0.6) is 5.75 Å². The van der Waals surface area contributed by atoms with Gasteiger partial charge in [0.2, 0.25) is 5.95 Å². The number of fused-ring (bicyclic) bond motifs is 1. The zero-order valence-electron chi connectivity index (χ0n) is 15.4. The molecule has 2 aliphatic rings. The molecule has 27 heavy (non-hydrogen) atoms. The highest BCUT2D eigenvalue weighted by molar-refractivity contribution is 5.37. The van der Waals surface area contributed by atoms with E-state index in [2.05, 4.69) is 20.2 Å². The molecule has 1 saturated heterocycles. The fraction of sp³-hybridized carbons (Fsp3) is 0.500. The number of rotatable bonds is 6. The van der Waals surface area contributed by atoms with Crippen molar-refractivity contribution in [1.29, 1.82) is 0 Å². The van der Waals surface area contributed by atoms with E-state index in [1.54, 1.807) is 0 Å². The number of hydrogen-bond donors (Lipinski definition) is 2. The maximum atomic E-state index is 9.36. The second-order valence-electron chi connectivity index (χ2n) is 7.09. The second kappa shape index (κ2) is 8.65. The molecule has 3 heterocycles. The highest BCUT2D eigenvalue weighted by atomic mass is 16.5. The Bertz CT molecular complexity index is 747. The van der Waals surface area contributed by atoms with Crippen molar-refractivity contribution in [2.75, 3.05) is 31.6 Å². The number of aliphatic hydroxyl groups is 1. The quantitative estimate of drug-likeness (QED) is 0.804. The molecule has 0 saturated carbocycles. The summed E-state index contributed by atoms with van der Waals surface area (Å²) in [6.45, 7) is 4.68. The van der Waals surface area contributed by atoms with Gasteiger partial charge in [0.1, 0.15) is 12.4 Å². The molecule has 7 nitrogen and oxygen atoms in total. The van der Waals surface area contributed by atoms with E-state index in [1.165, 1.54) is 0 Å². The molecule has 0 radical (unpaired) electrons. The Balaban J connectivity index is 1.35. The van der Waals surface area contributed by atoms with E-state index in [-0.39, 0.29) is 12.7 Å². The molecule has 0 spiro atoms. The highest BCUT2D eigenvalue weighted by Gasteiger charge is 2.17. The molecule has 1 aromatic carbocycles. The summed E-state index contributed by atoms with van der Waals surface area (Å²) in [6.07, 6.45) is 6.26. The zero-order chi connectivity index (χ0) is 18.5. The van der Waals surface area contributed by atoms with E-state index in [1.807, 2.05) is 30.6 Å². The van der Waals surface area contributed by atoms with Crippen LogP contribution in [0.25, 0.3) is 0 Å². The minimum Gasteiger partial charge on any atom is -0.492 e. The molecule has 2 aromatic rings. The molecule has 2 N–H and O–H groups in total. The van der Waals surface area contributed by atoms with Crippen LogP contribution in [-0.4, -0.2) is 52.4 Å². The molecular formula is C20H26N4O3. The number of nitrogens with zero attached hydrogens (tertiary/aromatic N) is 3. The number of benzene rings is 1. The molecule has 0 bridgehead atoms. The average Bonchev–Trinajstić information content (AvgIpc) is 3.14. The Labute approximate surface area is 159 Å². The van der Waals surface area contributed by atoms with Gasteiger partial charge in [-0.2, -0.15) is 0 Å². The van der Waals surface area contributed by atoms with Crippen molar-refractivity contribution in [3.8, 4) is 5.75 Å². The summed E-state index contributed by atoms with van der Waals surface area (Å²) < 4.78 is 11.4. The van der Waals surface area contributed by atoms with Crippen molar-refractivity contribution in [3.05, 3.63) is 47.3 Å². The van der Waals surface area contributed by atoms with Crippen LogP contribution in [0, 0.1) is 0 Å². The highest BCUT2D eigenvalue weighted by Crippen LogP contribution is 2.25. The van der Waals surface area contributed by atoms with E-state index in [4.69, 9.17) is 9.47 Å². The number of anilines is 1. The predicted molar refractivity (Wildman–Crippen MR) is 101 cm³/mol. The topological polar surface area (TPSA) is 79.7 Å². The van der Waals surface area contributed by atoms with Crippen molar-refractivity contribution >= 4 is 5.95 Å². The minimum atomic E-state index is 0.0431. The summed E-state index contributed by atoms with van der Waals surface area (Å²) in [7, 11) is 0. The Hall–Kier alpha value is -2.22. The summed E-state index contributed by atoms with van der Waals surface area (Å²) in [5.74, 6) is 1.55. The molecule has 1 fully saturated rings. The first kappa shape index (κ1) is 18.2. The van der Waals surface area contributed by atoms with E-state index >= 15 is 0 Å². The monoisotopic (exact) mass is 370 g/mol. The van der Waals surface area contributed by atoms with Crippen LogP contribution in [0.15, 0.2) is 30.6 Å². The van der Waals surface area contributed by atoms with Crippen LogP contribution in [0.1, 0.15) is 29.5 Å². The normalized spacial score (nSPS) is 20.0. The van der Waals surface area contributed by atoms with E-state index in [0.29, 0.717) is 12.6 Å². The first-order valence-electron chi connectivity index (χ1n) is 9.54. The predicted octanol–water partition coefficient (Wildman–Crippen LogP) is 1.95. The number of ether oxygens (including phenoxy) is 2. The van der Waals surface area contributed by atoms with Gasteiger partial charge in [-0.1, -0.05) is 6.07 Å². The van der Waals surface area contributed by atoms with Gasteiger partial charge in [0.15, 0.2) is 0 Å². The van der Waals surface area contributed by atoms with Crippen molar-refractivity contribution < 1.29 is 14.6 Å². The summed E-state index contributed by atoms with van der Waals surface area (Å²) in [6, 6.07) is 5.87. The molecule has 1 unspecified atom stereocenters. The first-order chi connectivity index (χ1) is 13.3. The molecular weight excluding hydrogens is 344 g/mol. The first-order valence-corrected chi connectivity index (χ1v) is 9.54. The summed E-state index contributed by atoms with van der Waals surface area (Å²) >= 11 is 0.